The van der Waals surface area contributed by atoms with Gasteiger partial charge in [-0.05, 0) is 42.3 Å². The van der Waals surface area contributed by atoms with E-state index >= 15 is 0 Å². The minimum atomic E-state index is -2.94. The number of nitrogens with zero attached hydrogens (tertiary/aromatic N) is 1. The SMILES string of the molecule is C=CCN1C(=O)/C(=C/c2cccc(Oc3cccc(C(C)(F)F)c3)c2)CCC1=S. The van der Waals surface area contributed by atoms with Crippen molar-refractivity contribution in [1.82, 2.24) is 4.90 Å². The molecule has 1 saturated heterocycles. The van der Waals surface area contributed by atoms with E-state index in [4.69, 9.17) is 17.0 Å². The van der Waals surface area contributed by atoms with Crippen molar-refractivity contribution < 1.29 is 18.3 Å². The maximum Gasteiger partial charge on any atom is 0.270 e. The molecule has 6 heteroatoms. The summed E-state index contributed by atoms with van der Waals surface area (Å²) < 4.78 is 32.8. The van der Waals surface area contributed by atoms with Crippen LogP contribution >= 0.6 is 12.2 Å². The van der Waals surface area contributed by atoms with Crippen LogP contribution in [0.2, 0.25) is 0 Å². The second-order valence-corrected chi connectivity index (χ2v) is 7.33. The molecule has 0 radical (unpaired) electrons. The molecule has 1 aliphatic heterocycles. The number of carbonyl (C=O) groups excluding carboxylic acids is 1. The summed E-state index contributed by atoms with van der Waals surface area (Å²) in [5.74, 6) is -2.24. The highest BCUT2D eigenvalue weighted by atomic mass is 32.1. The number of amides is 1. The van der Waals surface area contributed by atoms with Gasteiger partial charge in [0.2, 0.25) is 0 Å². The molecule has 3 nitrogen and oxygen atoms in total. The summed E-state index contributed by atoms with van der Waals surface area (Å²) in [4.78, 5) is 14.8. The summed E-state index contributed by atoms with van der Waals surface area (Å²) >= 11 is 5.27. The highest BCUT2D eigenvalue weighted by Crippen LogP contribution is 2.31. The topological polar surface area (TPSA) is 29.5 Å². The minimum Gasteiger partial charge on any atom is -0.457 e. The highest BCUT2D eigenvalue weighted by Gasteiger charge is 2.26. The summed E-state index contributed by atoms with van der Waals surface area (Å²) in [6, 6.07) is 13.0. The van der Waals surface area contributed by atoms with Crippen LogP contribution in [0.4, 0.5) is 8.78 Å². The molecule has 0 atom stereocenters. The summed E-state index contributed by atoms with van der Waals surface area (Å²) in [5.41, 5.74) is 1.33. The van der Waals surface area contributed by atoms with Gasteiger partial charge in [0.05, 0.1) is 4.99 Å². The number of alkyl halides is 2. The van der Waals surface area contributed by atoms with Gasteiger partial charge >= 0.3 is 0 Å². The van der Waals surface area contributed by atoms with E-state index in [2.05, 4.69) is 6.58 Å². The van der Waals surface area contributed by atoms with E-state index in [1.165, 1.54) is 18.2 Å². The maximum atomic E-state index is 13.5. The molecule has 0 saturated carbocycles. The van der Waals surface area contributed by atoms with Crippen LogP contribution in [0.1, 0.15) is 30.9 Å². The van der Waals surface area contributed by atoms with Crippen molar-refractivity contribution in [2.75, 3.05) is 6.54 Å². The number of halogens is 2. The number of thiocarbonyl (C=S) groups is 1. The normalized spacial score (nSPS) is 16.2. The summed E-state index contributed by atoms with van der Waals surface area (Å²) in [7, 11) is 0. The number of benzene rings is 2. The molecule has 1 amide bonds. The average molecular weight is 413 g/mol. The molecule has 29 heavy (non-hydrogen) atoms. The van der Waals surface area contributed by atoms with Crippen LogP contribution in [0.5, 0.6) is 11.5 Å². The second kappa shape index (κ2) is 8.66. The van der Waals surface area contributed by atoms with Crippen molar-refractivity contribution in [2.24, 2.45) is 0 Å². The zero-order valence-electron chi connectivity index (χ0n) is 16.0. The van der Waals surface area contributed by atoms with Crippen LogP contribution < -0.4 is 4.74 Å². The first-order valence-corrected chi connectivity index (χ1v) is 9.61. The zero-order chi connectivity index (χ0) is 21.0. The van der Waals surface area contributed by atoms with Crippen molar-refractivity contribution in [3.8, 4) is 11.5 Å². The Morgan fingerprint density at radius 3 is 2.55 bits per heavy atom. The molecule has 3 rings (SSSR count). The first-order valence-electron chi connectivity index (χ1n) is 9.20. The standard InChI is InChI=1S/C23H21F2NO2S/c1-3-12-26-21(29)11-10-17(22(26)27)13-16-6-4-8-19(14-16)28-20-9-5-7-18(15-20)23(2,24)25/h3-9,13-15H,1,10-12H2,2H3/b17-13+. The van der Waals surface area contributed by atoms with Gasteiger partial charge in [0.25, 0.3) is 11.8 Å². The van der Waals surface area contributed by atoms with Crippen LogP contribution in [-0.4, -0.2) is 22.3 Å². The zero-order valence-corrected chi connectivity index (χ0v) is 16.8. The Morgan fingerprint density at radius 1 is 1.17 bits per heavy atom. The summed E-state index contributed by atoms with van der Waals surface area (Å²) in [6.45, 7) is 4.90. The molecular formula is C23H21F2NO2S. The van der Waals surface area contributed by atoms with Crippen LogP contribution in [0.25, 0.3) is 6.08 Å². The number of hydrogen-bond acceptors (Lipinski definition) is 3. The number of carbonyl (C=O) groups is 1. The van der Waals surface area contributed by atoms with Crippen LogP contribution in [-0.2, 0) is 10.7 Å². The van der Waals surface area contributed by atoms with Gasteiger partial charge in [-0.2, -0.15) is 0 Å². The van der Waals surface area contributed by atoms with Crippen molar-refractivity contribution in [1.29, 1.82) is 0 Å². The first-order chi connectivity index (χ1) is 13.8. The Kier molecular flexibility index (Phi) is 6.23. The van der Waals surface area contributed by atoms with Crippen LogP contribution in [0.3, 0.4) is 0 Å². The van der Waals surface area contributed by atoms with Crippen molar-refractivity contribution in [2.45, 2.75) is 25.7 Å². The molecule has 150 valence electrons. The van der Waals surface area contributed by atoms with Crippen LogP contribution in [0, 0.1) is 0 Å². The molecule has 0 spiro atoms. The predicted molar refractivity (Wildman–Crippen MR) is 114 cm³/mol. The first kappa shape index (κ1) is 20.9. The lowest BCUT2D eigenvalue weighted by molar-refractivity contribution is -0.123. The average Bonchev–Trinajstić information content (AvgIpc) is 2.67. The third-order valence-electron chi connectivity index (χ3n) is 4.52. The van der Waals surface area contributed by atoms with E-state index in [1.54, 1.807) is 35.2 Å². The fourth-order valence-electron chi connectivity index (χ4n) is 3.06. The fourth-order valence-corrected chi connectivity index (χ4v) is 3.32. The lowest BCUT2D eigenvalue weighted by Crippen LogP contribution is -2.40. The van der Waals surface area contributed by atoms with Crippen molar-refractivity contribution in [3.05, 3.63) is 77.9 Å². The largest absolute Gasteiger partial charge is 0.457 e. The molecule has 2 aromatic rings. The van der Waals surface area contributed by atoms with E-state index in [9.17, 15) is 13.6 Å². The Labute approximate surface area is 174 Å². The van der Waals surface area contributed by atoms with Crippen molar-refractivity contribution >= 4 is 29.2 Å². The smallest absolute Gasteiger partial charge is 0.270 e. The number of likely N-dealkylation sites (tertiary alicyclic amines) is 1. The summed E-state index contributed by atoms with van der Waals surface area (Å²) in [6.07, 6.45) is 4.66. The Hall–Kier alpha value is -2.86. The Balaban J connectivity index is 1.81. The third-order valence-corrected chi connectivity index (χ3v) is 4.94. The molecule has 1 heterocycles. The Bertz CT molecular complexity index is 979. The van der Waals surface area contributed by atoms with E-state index in [1.807, 2.05) is 12.1 Å². The van der Waals surface area contributed by atoms with Gasteiger partial charge in [0.15, 0.2) is 0 Å². The molecule has 0 aromatic heterocycles. The van der Waals surface area contributed by atoms with Gasteiger partial charge in [-0.1, -0.05) is 42.6 Å². The van der Waals surface area contributed by atoms with Gasteiger partial charge in [-0.15, -0.1) is 6.58 Å². The Morgan fingerprint density at radius 2 is 1.86 bits per heavy atom. The number of piperidine rings is 1. The predicted octanol–water partition coefficient (Wildman–Crippen LogP) is 6.11. The van der Waals surface area contributed by atoms with E-state index in [0.29, 0.717) is 41.4 Å². The number of hydrogen-bond donors (Lipinski definition) is 0. The number of ether oxygens (including phenoxy) is 1. The summed E-state index contributed by atoms with van der Waals surface area (Å²) in [5, 5.41) is 0. The van der Waals surface area contributed by atoms with Gasteiger partial charge in [-0.3, -0.25) is 9.69 Å². The van der Waals surface area contributed by atoms with E-state index < -0.39 is 5.92 Å². The lowest BCUT2D eigenvalue weighted by atomic mass is 10.0. The van der Waals surface area contributed by atoms with Gasteiger partial charge in [-0.25, -0.2) is 8.78 Å². The minimum absolute atomic E-state index is 0.112. The van der Waals surface area contributed by atoms with Gasteiger partial charge in [0.1, 0.15) is 11.5 Å². The van der Waals surface area contributed by atoms with Gasteiger partial charge in [0, 0.05) is 31.0 Å². The van der Waals surface area contributed by atoms with Crippen molar-refractivity contribution in [3.63, 3.8) is 0 Å². The lowest BCUT2D eigenvalue weighted by Gasteiger charge is -2.28. The molecule has 1 fully saturated rings. The third kappa shape index (κ3) is 5.15. The number of rotatable bonds is 6. The maximum absolute atomic E-state index is 13.5. The molecule has 0 bridgehead atoms. The molecular weight excluding hydrogens is 392 g/mol. The fraction of sp³-hybridized carbons (Fsp3) is 0.217. The molecule has 0 aliphatic carbocycles. The van der Waals surface area contributed by atoms with E-state index in [0.717, 1.165) is 12.5 Å². The molecule has 0 unspecified atom stereocenters. The molecule has 1 aliphatic rings. The highest BCUT2D eigenvalue weighted by molar-refractivity contribution is 7.80. The monoisotopic (exact) mass is 413 g/mol. The van der Waals surface area contributed by atoms with Gasteiger partial charge < -0.3 is 4.74 Å². The quantitative estimate of drug-likeness (QED) is 0.325. The van der Waals surface area contributed by atoms with Crippen LogP contribution in [0.15, 0.2) is 66.8 Å². The van der Waals surface area contributed by atoms with E-state index in [-0.39, 0.29) is 11.5 Å². The molecule has 2 aromatic carbocycles. The molecule has 0 N–H and O–H groups in total. The second-order valence-electron chi connectivity index (χ2n) is 6.86.